The van der Waals surface area contributed by atoms with Crippen molar-refractivity contribution in [3.8, 4) is 5.75 Å². The number of rotatable bonds is 2. The lowest BCUT2D eigenvalue weighted by Gasteiger charge is -2.24. The third kappa shape index (κ3) is 1.79. The Labute approximate surface area is 108 Å². The summed E-state index contributed by atoms with van der Waals surface area (Å²) in [7, 11) is 3.87. The highest BCUT2D eigenvalue weighted by molar-refractivity contribution is 5.87. The van der Waals surface area contributed by atoms with Crippen molar-refractivity contribution >= 4 is 10.9 Å². The van der Waals surface area contributed by atoms with Crippen LogP contribution in [-0.2, 0) is 7.05 Å². The summed E-state index contributed by atoms with van der Waals surface area (Å²) in [6, 6.07) is 9.02. The quantitative estimate of drug-likeness (QED) is 0.879. The first-order valence-corrected chi connectivity index (χ1v) is 6.67. The lowest BCUT2D eigenvalue weighted by Crippen LogP contribution is -2.28. The first-order valence-electron chi connectivity index (χ1n) is 6.67. The van der Waals surface area contributed by atoms with Crippen molar-refractivity contribution in [3.63, 3.8) is 0 Å². The van der Waals surface area contributed by atoms with E-state index in [0.29, 0.717) is 6.04 Å². The number of aryl methyl sites for hydroxylation is 1. The molecule has 1 aromatic heterocycles. The second-order valence-electron chi connectivity index (χ2n) is 5.03. The van der Waals surface area contributed by atoms with E-state index in [-0.39, 0.29) is 0 Å². The van der Waals surface area contributed by atoms with Crippen LogP contribution in [-0.4, -0.2) is 18.2 Å². The second kappa shape index (κ2) is 4.65. The Morgan fingerprint density at radius 2 is 2.22 bits per heavy atom. The molecule has 2 aromatic rings. The third-order valence-corrected chi connectivity index (χ3v) is 3.94. The molecule has 1 aliphatic heterocycles. The van der Waals surface area contributed by atoms with Gasteiger partial charge in [-0.15, -0.1) is 0 Å². The van der Waals surface area contributed by atoms with E-state index >= 15 is 0 Å². The third-order valence-electron chi connectivity index (χ3n) is 3.94. The topological polar surface area (TPSA) is 26.2 Å². The normalized spacial score (nSPS) is 20.2. The van der Waals surface area contributed by atoms with Gasteiger partial charge in [-0.2, -0.15) is 0 Å². The first-order chi connectivity index (χ1) is 8.81. The Hall–Kier alpha value is -1.48. The zero-order chi connectivity index (χ0) is 12.5. The molecule has 3 nitrogen and oxygen atoms in total. The average Bonchev–Trinajstić information content (AvgIpc) is 2.77. The van der Waals surface area contributed by atoms with E-state index in [1.165, 1.54) is 35.9 Å². The number of hydrogen-bond donors (Lipinski definition) is 1. The fourth-order valence-electron chi connectivity index (χ4n) is 3.00. The fourth-order valence-corrected chi connectivity index (χ4v) is 3.00. The fraction of sp³-hybridized carbons (Fsp3) is 0.467. The number of para-hydroxylation sites is 1. The summed E-state index contributed by atoms with van der Waals surface area (Å²) in [5, 5.41) is 4.88. The minimum Gasteiger partial charge on any atom is -0.495 e. The Morgan fingerprint density at radius 3 is 2.94 bits per heavy atom. The van der Waals surface area contributed by atoms with Gasteiger partial charge in [-0.05, 0) is 31.5 Å². The smallest absolute Gasteiger partial charge is 0.143 e. The molecule has 96 valence electrons. The van der Waals surface area contributed by atoms with E-state index in [0.717, 1.165) is 12.3 Å². The van der Waals surface area contributed by atoms with Crippen LogP contribution in [0.2, 0.25) is 0 Å². The van der Waals surface area contributed by atoms with Crippen LogP contribution in [0.3, 0.4) is 0 Å². The van der Waals surface area contributed by atoms with Crippen molar-refractivity contribution in [2.75, 3.05) is 13.7 Å². The molecular weight excluding hydrogens is 224 g/mol. The maximum Gasteiger partial charge on any atom is 0.143 e. The number of methoxy groups -OCH3 is 1. The zero-order valence-corrected chi connectivity index (χ0v) is 11.1. The largest absolute Gasteiger partial charge is 0.495 e. The summed E-state index contributed by atoms with van der Waals surface area (Å²) in [5.74, 6) is 0.956. The molecule has 1 fully saturated rings. The molecule has 2 heterocycles. The van der Waals surface area contributed by atoms with Gasteiger partial charge in [0.05, 0.1) is 12.6 Å². The number of aromatic nitrogens is 1. The molecule has 1 N–H and O–H groups in total. The summed E-state index contributed by atoms with van der Waals surface area (Å²) < 4.78 is 7.74. The van der Waals surface area contributed by atoms with Crippen LogP contribution in [0.25, 0.3) is 10.9 Å². The van der Waals surface area contributed by atoms with Crippen LogP contribution in [0.15, 0.2) is 24.3 Å². The molecule has 18 heavy (non-hydrogen) atoms. The Balaban J connectivity index is 2.10. The van der Waals surface area contributed by atoms with Crippen molar-refractivity contribution in [3.05, 3.63) is 30.0 Å². The molecule has 0 saturated carbocycles. The summed E-state index contributed by atoms with van der Waals surface area (Å²) in [5.41, 5.74) is 2.57. The molecule has 0 amide bonds. The van der Waals surface area contributed by atoms with Gasteiger partial charge in [-0.1, -0.05) is 18.6 Å². The molecule has 0 spiro atoms. The van der Waals surface area contributed by atoms with E-state index in [4.69, 9.17) is 4.74 Å². The van der Waals surface area contributed by atoms with Crippen molar-refractivity contribution in [1.82, 2.24) is 9.88 Å². The Kier molecular flexibility index (Phi) is 3.00. The van der Waals surface area contributed by atoms with Gasteiger partial charge < -0.3 is 14.6 Å². The van der Waals surface area contributed by atoms with Crippen molar-refractivity contribution in [2.45, 2.75) is 25.3 Å². The monoisotopic (exact) mass is 244 g/mol. The molecule has 3 heteroatoms. The lowest BCUT2D eigenvalue weighted by molar-refractivity contribution is 0.397. The van der Waals surface area contributed by atoms with Gasteiger partial charge in [0.25, 0.3) is 0 Å². The molecule has 1 unspecified atom stereocenters. The van der Waals surface area contributed by atoms with Crippen molar-refractivity contribution in [2.24, 2.45) is 7.05 Å². The van der Waals surface area contributed by atoms with E-state index in [2.05, 4.69) is 35.1 Å². The lowest BCUT2D eigenvalue weighted by atomic mass is 10.0. The van der Waals surface area contributed by atoms with Crippen LogP contribution in [0.5, 0.6) is 5.75 Å². The number of benzene rings is 1. The summed E-state index contributed by atoms with van der Waals surface area (Å²) in [6.45, 7) is 1.13. The van der Waals surface area contributed by atoms with Crippen LogP contribution in [0.4, 0.5) is 0 Å². The highest BCUT2D eigenvalue weighted by Gasteiger charge is 2.19. The predicted octanol–water partition coefficient (Wildman–Crippen LogP) is 3.00. The number of fused-ring (bicyclic) bond motifs is 1. The highest BCUT2D eigenvalue weighted by Crippen LogP contribution is 2.32. The minimum absolute atomic E-state index is 0.487. The van der Waals surface area contributed by atoms with Gasteiger partial charge in [0.1, 0.15) is 5.75 Å². The number of piperidine rings is 1. The number of nitrogens with zero attached hydrogens (tertiary/aromatic N) is 1. The van der Waals surface area contributed by atoms with E-state index in [1.807, 2.05) is 6.07 Å². The van der Waals surface area contributed by atoms with Crippen molar-refractivity contribution in [1.29, 1.82) is 0 Å². The summed E-state index contributed by atoms with van der Waals surface area (Å²) in [6.07, 6.45) is 3.84. The van der Waals surface area contributed by atoms with Crippen LogP contribution < -0.4 is 10.1 Å². The van der Waals surface area contributed by atoms with E-state index < -0.39 is 0 Å². The maximum absolute atomic E-state index is 5.47. The van der Waals surface area contributed by atoms with Crippen molar-refractivity contribution < 1.29 is 4.74 Å². The molecule has 3 rings (SSSR count). The average molecular weight is 244 g/mol. The molecular formula is C15H20N2O. The van der Waals surface area contributed by atoms with Crippen LogP contribution >= 0.6 is 0 Å². The maximum atomic E-state index is 5.47. The first kappa shape index (κ1) is 11.6. The van der Waals surface area contributed by atoms with Gasteiger partial charge >= 0.3 is 0 Å². The Bertz CT molecular complexity index is 553. The number of ether oxygens (including phenoxy) is 1. The molecule has 0 radical (unpaired) electrons. The molecule has 0 aliphatic carbocycles. The number of hydrogen-bond acceptors (Lipinski definition) is 2. The van der Waals surface area contributed by atoms with Gasteiger partial charge in [0, 0.05) is 24.2 Å². The SMILES string of the molecule is COc1cccc2cc(C3CCCCN3)n(C)c12. The van der Waals surface area contributed by atoms with E-state index in [1.54, 1.807) is 7.11 Å². The van der Waals surface area contributed by atoms with Gasteiger partial charge in [-0.3, -0.25) is 0 Å². The zero-order valence-electron chi connectivity index (χ0n) is 11.1. The molecule has 1 saturated heterocycles. The Morgan fingerprint density at radius 1 is 1.33 bits per heavy atom. The standard InChI is InChI=1S/C15H20N2O/c1-17-13(12-7-3-4-9-16-12)10-11-6-5-8-14(18-2)15(11)17/h5-6,8,10,12,16H,3-4,7,9H2,1-2H3. The molecule has 0 bridgehead atoms. The van der Waals surface area contributed by atoms with Crippen LogP contribution in [0.1, 0.15) is 31.0 Å². The van der Waals surface area contributed by atoms with Gasteiger partial charge in [0.2, 0.25) is 0 Å². The second-order valence-corrected chi connectivity index (χ2v) is 5.03. The van der Waals surface area contributed by atoms with E-state index in [9.17, 15) is 0 Å². The van der Waals surface area contributed by atoms with Crippen LogP contribution in [0, 0.1) is 0 Å². The predicted molar refractivity (Wildman–Crippen MR) is 74.1 cm³/mol. The molecule has 1 atom stereocenters. The highest BCUT2D eigenvalue weighted by atomic mass is 16.5. The summed E-state index contributed by atoms with van der Waals surface area (Å²) in [4.78, 5) is 0. The van der Waals surface area contributed by atoms with Gasteiger partial charge in [-0.25, -0.2) is 0 Å². The van der Waals surface area contributed by atoms with Gasteiger partial charge in [0.15, 0.2) is 0 Å². The molecule has 1 aromatic carbocycles. The minimum atomic E-state index is 0.487. The number of nitrogens with one attached hydrogen (secondary N) is 1. The molecule has 1 aliphatic rings. The summed E-state index contributed by atoms with van der Waals surface area (Å²) >= 11 is 0.